The summed E-state index contributed by atoms with van der Waals surface area (Å²) in [6.07, 6.45) is -0.448. The fourth-order valence-corrected chi connectivity index (χ4v) is 4.40. The summed E-state index contributed by atoms with van der Waals surface area (Å²) in [6, 6.07) is 9.28. The lowest BCUT2D eigenvalue weighted by Crippen LogP contribution is -2.70. The number of amides is 1. The van der Waals surface area contributed by atoms with Gasteiger partial charge in [-0.15, -0.1) is 0 Å². The summed E-state index contributed by atoms with van der Waals surface area (Å²) in [6.45, 7) is 6.81. The van der Waals surface area contributed by atoms with Gasteiger partial charge in [-0.1, -0.05) is 30.3 Å². The number of esters is 2. The molecule has 6 atom stereocenters. The van der Waals surface area contributed by atoms with E-state index < -0.39 is 42.3 Å². The number of hydrogen-bond acceptors (Lipinski definition) is 9. The molecular weight excluding hydrogens is 458 g/mol. The van der Waals surface area contributed by atoms with Crippen LogP contribution < -0.4 is 0 Å². The van der Waals surface area contributed by atoms with Crippen molar-refractivity contribution in [3.8, 4) is 0 Å². The first-order valence-corrected chi connectivity index (χ1v) is 11.6. The van der Waals surface area contributed by atoms with E-state index in [1.807, 2.05) is 44.2 Å². The molecule has 0 aliphatic carbocycles. The van der Waals surface area contributed by atoms with Crippen LogP contribution in [0.15, 0.2) is 42.5 Å². The molecule has 2 fully saturated rings. The quantitative estimate of drug-likeness (QED) is 0.306. The van der Waals surface area contributed by atoms with Crippen LogP contribution in [-0.4, -0.2) is 78.5 Å². The van der Waals surface area contributed by atoms with E-state index in [9.17, 15) is 14.4 Å². The van der Waals surface area contributed by atoms with Crippen LogP contribution in [0.1, 0.15) is 33.3 Å². The van der Waals surface area contributed by atoms with Gasteiger partial charge in [0.1, 0.15) is 24.9 Å². The Morgan fingerprint density at radius 1 is 1.11 bits per heavy atom. The number of nitrogens with zero attached hydrogens (tertiary/aromatic N) is 1. The molecule has 4 rings (SSSR count). The molecule has 1 aromatic rings. The van der Waals surface area contributed by atoms with Crippen LogP contribution in [0.5, 0.6) is 0 Å². The highest BCUT2D eigenvalue weighted by atomic mass is 16.7. The third-order valence-electron chi connectivity index (χ3n) is 5.97. The summed E-state index contributed by atoms with van der Waals surface area (Å²) in [7, 11) is 0. The second-order valence-corrected chi connectivity index (χ2v) is 9.17. The lowest BCUT2D eigenvalue weighted by Gasteiger charge is -2.49. The highest BCUT2D eigenvalue weighted by molar-refractivity contribution is 5.88. The highest BCUT2D eigenvalue weighted by Gasteiger charge is 2.56. The van der Waals surface area contributed by atoms with Gasteiger partial charge in [-0.3, -0.25) is 14.4 Å². The predicted molar refractivity (Wildman–Crippen MR) is 121 cm³/mol. The molecule has 3 aliphatic rings. The van der Waals surface area contributed by atoms with Gasteiger partial charge < -0.3 is 33.3 Å². The average Bonchev–Trinajstić information content (AvgIpc) is 3.16. The molecule has 10 heteroatoms. The molecule has 0 saturated carbocycles. The van der Waals surface area contributed by atoms with Crippen molar-refractivity contribution in [3.63, 3.8) is 0 Å². The molecule has 35 heavy (non-hydrogen) atoms. The van der Waals surface area contributed by atoms with Crippen LogP contribution in [0.4, 0.5) is 0 Å². The van der Waals surface area contributed by atoms with Crippen molar-refractivity contribution >= 4 is 17.8 Å². The van der Waals surface area contributed by atoms with E-state index in [1.54, 1.807) is 17.1 Å². The molecular formula is C25H31NO9. The Kier molecular flexibility index (Phi) is 7.56. The van der Waals surface area contributed by atoms with Crippen LogP contribution in [0.2, 0.25) is 0 Å². The van der Waals surface area contributed by atoms with Gasteiger partial charge in [-0.25, -0.2) is 0 Å². The zero-order valence-electron chi connectivity index (χ0n) is 20.2. The van der Waals surface area contributed by atoms with E-state index in [1.165, 1.54) is 13.8 Å². The molecule has 0 radical (unpaired) electrons. The van der Waals surface area contributed by atoms with Crippen LogP contribution in [0.3, 0.4) is 0 Å². The summed E-state index contributed by atoms with van der Waals surface area (Å²) in [5.74, 6) is -1.95. The number of ether oxygens (including phenoxy) is 6. The third-order valence-corrected chi connectivity index (χ3v) is 5.97. The summed E-state index contributed by atoms with van der Waals surface area (Å²) in [5, 5.41) is 0. The van der Waals surface area contributed by atoms with Crippen molar-refractivity contribution in [2.24, 2.45) is 0 Å². The number of carbonyl (C=O) groups excluding carboxylic acids is 3. The monoisotopic (exact) mass is 489 g/mol. The van der Waals surface area contributed by atoms with Gasteiger partial charge in [0.2, 0.25) is 0 Å². The zero-order chi connectivity index (χ0) is 25.2. The Bertz CT molecular complexity index is 963. The summed E-state index contributed by atoms with van der Waals surface area (Å²) in [4.78, 5) is 37.6. The number of rotatable bonds is 8. The molecule has 3 aliphatic heterocycles. The Morgan fingerprint density at radius 2 is 1.86 bits per heavy atom. The number of likely N-dealkylation sites (tertiary alicyclic amines) is 1. The van der Waals surface area contributed by atoms with E-state index in [2.05, 4.69) is 0 Å². The fraction of sp³-hybridized carbons (Fsp3) is 0.560. The normalized spacial score (nSPS) is 31.7. The molecule has 3 heterocycles. The Hall–Kier alpha value is -2.79. The Labute approximate surface area is 204 Å². The van der Waals surface area contributed by atoms with Gasteiger partial charge >= 0.3 is 11.9 Å². The molecule has 190 valence electrons. The molecule has 0 spiro atoms. The number of carbonyl (C=O) groups is 3. The standard InChI is InChI=1S/C25H31NO9/c1-15(27)30-13-19-18(32-16(2)28)10-11-21(33-19)34-23-22(20-14-31-25(3,4)35-20)26(24(23)29)12-17-8-6-5-7-9-17/h5-11,18-23H,12-14H2,1-4H3/t18-,19+,20+,21+,22-,23+/m0/s1. The lowest BCUT2D eigenvalue weighted by atomic mass is 9.91. The molecule has 0 unspecified atom stereocenters. The molecule has 0 aromatic heterocycles. The van der Waals surface area contributed by atoms with Crippen molar-refractivity contribution in [1.82, 2.24) is 4.90 Å². The van der Waals surface area contributed by atoms with E-state index in [4.69, 9.17) is 28.4 Å². The Morgan fingerprint density at radius 3 is 2.49 bits per heavy atom. The van der Waals surface area contributed by atoms with E-state index in [-0.39, 0.29) is 24.7 Å². The van der Waals surface area contributed by atoms with Crippen LogP contribution >= 0.6 is 0 Å². The van der Waals surface area contributed by atoms with E-state index in [0.29, 0.717) is 13.2 Å². The molecule has 1 aromatic carbocycles. The van der Waals surface area contributed by atoms with Crippen molar-refractivity contribution in [1.29, 1.82) is 0 Å². The van der Waals surface area contributed by atoms with Gasteiger partial charge in [0.05, 0.1) is 12.6 Å². The predicted octanol–water partition coefficient (Wildman–Crippen LogP) is 1.71. The first-order valence-electron chi connectivity index (χ1n) is 11.6. The SMILES string of the molecule is CC(=O)OC[C@H]1O[C@H](O[C@H]2C(=O)N(Cc3ccccc3)[C@H]2[C@H]2COC(C)(C)O2)C=C[C@@H]1OC(C)=O. The van der Waals surface area contributed by atoms with Gasteiger partial charge in [0, 0.05) is 20.4 Å². The first-order chi connectivity index (χ1) is 16.6. The Balaban J connectivity index is 1.48. The molecule has 10 nitrogen and oxygen atoms in total. The molecule has 0 N–H and O–H groups in total. The lowest BCUT2D eigenvalue weighted by molar-refractivity contribution is -0.245. The van der Waals surface area contributed by atoms with Crippen LogP contribution in [0.25, 0.3) is 0 Å². The van der Waals surface area contributed by atoms with Gasteiger partial charge in [0.15, 0.2) is 18.2 Å². The van der Waals surface area contributed by atoms with Gasteiger partial charge in [-0.05, 0) is 31.6 Å². The average molecular weight is 490 g/mol. The largest absolute Gasteiger partial charge is 0.463 e. The molecule has 2 saturated heterocycles. The third kappa shape index (κ3) is 6.07. The van der Waals surface area contributed by atoms with Gasteiger partial charge in [0.25, 0.3) is 5.91 Å². The number of hydrogen-bond donors (Lipinski definition) is 0. The van der Waals surface area contributed by atoms with Gasteiger partial charge in [-0.2, -0.15) is 0 Å². The van der Waals surface area contributed by atoms with Crippen LogP contribution in [-0.2, 0) is 49.3 Å². The number of β-lactam (4-membered cyclic amide) rings is 1. The maximum absolute atomic E-state index is 13.2. The van der Waals surface area contributed by atoms with Crippen molar-refractivity contribution in [2.75, 3.05) is 13.2 Å². The minimum absolute atomic E-state index is 0.132. The maximum atomic E-state index is 13.2. The zero-order valence-corrected chi connectivity index (χ0v) is 20.2. The second kappa shape index (κ2) is 10.4. The topological polar surface area (TPSA) is 110 Å². The maximum Gasteiger partial charge on any atom is 0.303 e. The second-order valence-electron chi connectivity index (χ2n) is 9.17. The van der Waals surface area contributed by atoms with Crippen molar-refractivity contribution in [3.05, 3.63) is 48.0 Å². The summed E-state index contributed by atoms with van der Waals surface area (Å²) >= 11 is 0. The van der Waals surface area contributed by atoms with E-state index in [0.717, 1.165) is 5.56 Å². The summed E-state index contributed by atoms with van der Waals surface area (Å²) < 4.78 is 34.1. The smallest absolute Gasteiger partial charge is 0.303 e. The fourth-order valence-electron chi connectivity index (χ4n) is 4.40. The summed E-state index contributed by atoms with van der Waals surface area (Å²) in [5.41, 5.74) is 0.988. The molecule has 1 amide bonds. The first kappa shape index (κ1) is 25.3. The van der Waals surface area contributed by atoms with Crippen molar-refractivity contribution in [2.45, 2.75) is 76.8 Å². The number of benzene rings is 1. The molecule has 0 bridgehead atoms. The highest BCUT2D eigenvalue weighted by Crippen LogP contribution is 2.36. The van der Waals surface area contributed by atoms with Crippen molar-refractivity contribution < 1.29 is 42.8 Å². The van der Waals surface area contributed by atoms with Crippen LogP contribution in [0, 0.1) is 0 Å². The minimum atomic E-state index is -0.909. The minimum Gasteiger partial charge on any atom is -0.463 e. The van der Waals surface area contributed by atoms with E-state index >= 15 is 0 Å².